The van der Waals surface area contributed by atoms with E-state index in [0.717, 1.165) is 68.9 Å². The highest BCUT2D eigenvalue weighted by molar-refractivity contribution is 5.85. The Kier molecular flexibility index (Phi) is 13.2. The average molecular weight is 631 g/mol. The first-order valence-electron chi connectivity index (χ1n) is 16.2. The summed E-state index contributed by atoms with van der Waals surface area (Å²) in [6, 6.07) is 18.3. The lowest BCUT2D eigenvalue weighted by molar-refractivity contribution is -0.123. The number of rotatable bonds is 18. The number of amides is 2. The molecule has 0 aliphatic carbocycles. The van der Waals surface area contributed by atoms with E-state index in [1.54, 1.807) is 25.0 Å². The predicted octanol–water partition coefficient (Wildman–Crippen LogP) is 4.60. The lowest BCUT2D eigenvalue weighted by atomic mass is 10.1. The number of alkyl carbamates (subject to hydrolysis) is 1. The van der Waals surface area contributed by atoms with Crippen molar-refractivity contribution in [3.05, 3.63) is 99.0 Å². The van der Waals surface area contributed by atoms with Crippen LogP contribution in [0.25, 0.3) is 11.2 Å². The molecule has 0 aliphatic rings. The van der Waals surface area contributed by atoms with E-state index in [2.05, 4.69) is 15.6 Å². The highest BCUT2D eigenvalue weighted by Gasteiger charge is 2.22. The van der Waals surface area contributed by atoms with Gasteiger partial charge < -0.3 is 19.9 Å². The number of unbranched alkanes of at least 4 members (excludes halogenated alkanes) is 8. The van der Waals surface area contributed by atoms with E-state index in [9.17, 15) is 19.2 Å². The summed E-state index contributed by atoms with van der Waals surface area (Å²) in [7, 11) is 3.41. The number of carbonyl (C=O) groups is 2. The second kappa shape index (κ2) is 17.7. The van der Waals surface area contributed by atoms with Gasteiger partial charge in [0.15, 0.2) is 11.2 Å². The Labute approximate surface area is 269 Å². The Morgan fingerprint density at radius 2 is 1.39 bits per heavy atom. The van der Waals surface area contributed by atoms with Gasteiger partial charge in [0.05, 0.1) is 6.33 Å². The fourth-order valence-corrected chi connectivity index (χ4v) is 5.53. The van der Waals surface area contributed by atoms with Crippen molar-refractivity contribution in [3.63, 3.8) is 0 Å². The van der Waals surface area contributed by atoms with Crippen molar-refractivity contribution >= 4 is 23.2 Å². The molecule has 2 aromatic carbocycles. The maximum absolute atomic E-state index is 13.0. The Balaban J connectivity index is 1.08. The summed E-state index contributed by atoms with van der Waals surface area (Å²) in [6.45, 7) is 1.10. The van der Waals surface area contributed by atoms with Gasteiger partial charge in [0, 0.05) is 33.6 Å². The summed E-state index contributed by atoms with van der Waals surface area (Å²) in [5.74, 6) is -0.221. The first-order chi connectivity index (χ1) is 22.3. The Morgan fingerprint density at radius 3 is 2.04 bits per heavy atom. The highest BCUT2D eigenvalue weighted by atomic mass is 16.5. The number of hydrogen-bond donors (Lipinski definition) is 2. The second-order valence-corrected chi connectivity index (χ2v) is 11.7. The SMILES string of the molecule is Cn1cnc2c1c(=O)n(CCCCCCCCCCCNC(=O)C(Cc1ccccc1)NC(=O)OCc1ccccc1)c(=O)n2C. The third-order valence-electron chi connectivity index (χ3n) is 8.16. The zero-order valence-electron chi connectivity index (χ0n) is 27.0. The van der Waals surface area contributed by atoms with Gasteiger partial charge in [-0.15, -0.1) is 0 Å². The Bertz CT molecular complexity index is 1660. The largest absolute Gasteiger partial charge is 0.445 e. The zero-order chi connectivity index (χ0) is 32.7. The van der Waals surface area contributed by atoms with Crippen LogP contribution < -0.4 is 21.9 Å². The van der Waals surface area contributed by atoms with E-state index < -0.39 is 12.1 Å². The molecule has 0 bridgehead atoms. The van der Waals surface area contributed by atoms with Gasteiger partial charge in [-0.25, -0.2) is 14.6 Å². The van der Waals surface area contributed by atoms with Crippen LogP contribution in [-0.4, -0.2) is 43.3 Å². The number of carbonyl (C=O) groups excluding carboxylic acids is 2. The van der Waals surface area contributed by atoms with Crippen molar-refractivity contribution in [1.29, 1.82) is 0 Å². The number of fused-ring (bicyclic) bond motifs is 1. The van der Waals surface area contributed by atoms with Gasteiger partial charge in [-0.05, 0) is 24.0 Å². The summed E-state index contributed by atoms with van der Waals surface area (Å²) in [5.41, 5.74) is 2.09. The van der Waals surface area contributed by atoms with Crippen LogP contribution in [-0.2, 0) is 43.2 Å². The first-order valence-corrected chi connectivity index (χ1v) is 16.2. The maximum Gasteiger partial charge on any atom is 0.408 e. The molecule has 2 amide bonds. The monoisotopic (exact) mass is 630 g/mol. The zero-order valence-corrected chi connectivity index (χ0v) is 27.0. The number of nitrogens with one attached hydrogen (secondary N) is 2. The molecule has 0 radical (unpaired) electrons. The van der Waals surface area contributed by atoms with Crippen molar-refractivity contribution in [2.45, 2.75) is 83.4 Å². The summed E-state index contributed by atoms with van der Waals surface area (Å²) in [4.78, 5) is 55.1. The minimum absolute atomic E-state index is 0.137. The van der Waals surface area contributed by atoms with E-state index in [1.165, 1.54) is 9.13 Å². The maximum atomic E-state index is 13.0. The average Bonchev–Trinajstić information content (AvgIpc) is 3.46. The van der Waals surface area contributed by atoms with Gasteiger partial charge >= 0.3 is 11.8 Å². The molecule has 46 heavy (non-hydrogen) atoms. The van der Waals surface area contributed by atoms with Gasteiger partial charge in [-0.3, -0.25) is 18.7 Å². The lowest BCUT2D eigenvalue weighted by Crippen LogP contribution is -2.48. The molecule has 0 fully saturated rings. The molecule has 0 saturated heterocycles. The van der Waals surface area contributed by atoms with Crippen LogP contribution in [0.3, 0.4) is 0 Å². The summed E-state index contributed by atoms with van der Waals surface area (Å²) < 4.78 is 9.76. The van der Waals surface area contributed by atoms with Crippen LogP contribution in [0, 0.1) is 0 Å². The highest BCUT2D eigenvalue weighted by Crippen LogP contribution is 2.11. The quantitative estimate of drug-likeness (QED) is 0.155. The topological polar surface area (TPSA) is 129 Å². The van der Waals surface area contributed by atoms with Crippen molar-refractivity contribution in [2.75, 3.05) is 6.54 Å². The van der Waals surface area contributed by atoms with E-state index in [1.807, 2.05) is 60.7 Å². The standard InChI is InChI=1S/C35H46N6O5/c1-39-26-37-31-30(39)33(43)41(35(45)40(31)2)23-17-9-7-5-3-4-6-8-16-22-36-32(42)29(24-27-18-12-10-13-19-27)38-34(44)46-25-28-20-14-11-15-21-28/h10-15,18-21,26,29H,3-9,16-17,22-25H2,1-2H3,(H,36,42)(H,38,44). The second-order valence-electron chi connectivity index (χ2n) is 11.7. The number of hydrogen-bond acceptors (Lipinski definition) is 6. The van der Waals surface area contributed by atoms with Crippen molar-refractivity contribution < 1.29 is 14.3 Å². The predicted molar refractivity (Wildman–Crippen MR) is 178 cm³/mol. The summed E-state index contributed by atoms with van der Waals surface area (Å²) >= 11 is 0. The molecular weight excluding hydrogens is 584 g/mol. The third-order valence-corrected chi connectivity index (χ3v) is 8.16. The van der Waals surface area contributed by atoms with Crippen molar-refractivity contribution in [2.24, 2.45) is 14.1 Å². The fourth-order valence-electron chi connectivity index (χ4n) is 5.53. The van der Waals surface area contributed by atoms with E-state index in [-0.39, 0.29) is 23.8 Å². The number of aryl methyl sites for hydroxylation is 2. The molecule has 4 rings (SSSR count). The molecule has 0 aliphatic heterocycles. The van der Waals surface area contributed by atoms with Crippen LogP contribution in [0.2, 0.25) is 0 Å². The molecule has 2 N–H and O–H groups in total. The fraction of sp³-hybridized carbons (Fsp3) is 0.457. The Hall–Kier alpha value is -4.67. The van der Waals surface area contributed by atoms with Crippen LogP contribution in [0.5, 0.6) is 0 Å². The molecule has 0 spiro atoms. The van der Waals surface area contributed by atoms with Gasteiger partial charge in [-0.1, -0.05) is 106 Å². The molecule has 246 valence electrons. The number of nitrogens with zero attached hydrogens (tertiary/aromatic N) is 4. The van der Waals surface area contributed by atoms with Crippen LogP contribution >= 0.6 is 0 Å². The van der Waals surface area contributed by atoms with Gasteiger partial charge in [0.1, 0.15) is 12.6 Å². The van der Waals surface area contributed by atoms with E-state index in [0.29, 0.717) is 30.7 Å². The molecule has 11 nitrogen and oxygen atoms in total. The molecule has 1 unspecified atom stereocenters. The molecule has 4 aromatic rings. The summed E-state index contributed by atoms with van der Waals surface area (Å²) in [5, 5.41) is 5.72. The minimum Gasteiger partial charge on any atom is -0.445 e. The normalized spacial score (nSPS) is 11.8. The van der Waals surface area contributed by atoms with Crippen LogP contribution in [0.4, 0.5) is 4.79 Å². The van der Waals surface area contributed by atoms with Crippen molar-refractivity contribution in [1.82, 2.24) is 29.3 Å². The smallest absolute Gasteiger partial charge is 0.408 e. The first kappa shape index (κ1) is 34.2. The van der Waals surface area contributed by atoms with E-state index >= 15 is 0 Å². The Morgan fingerprint density at radius 1 is 0.804 bits per heavy atom. The molecule has 2 heterocycles. The third kappa shape index (κ3) is 9.92. The molecular formula is C35H46N6O5. The molecule has 1 atom stereocenters. The number of benzene rings is 2. The lowest BCUT2D eigenvalue weighted by Gasteiger charge is -2.18. The van der Waals surface area contributed by atoms with Crippen molar-refractivity contribution in [3.8, 4) is 0 Å². The molecule has 2 aromatic heterocycles. The van der Waals surface area contributed by atoms with Gasteiger partial charge in [0.25, 0.3) is 5.56 Å². The number of aromatic nitrogens is 4. The van der Waals surface area contributed by atoms with Gasteiger partial charge in [-0.2, -0.15) is 0 Å². The summed E-state index contributed by atoms with van der Waals surface area (Å²) in [6.07, 6.45) is 10.4. The van der Waals surface area contributed by atoms with E-state index in [4.69, 9.17) is 4.74 Å². The number of imidazole rings is 1. The van der Waals surface area contributed by atoms with Crippen LogP contribution in [0.1, 0.15) is 68.9 Å². The molecule has 0 saturated carbocycles. The van der Waals surface area contributed by atoms with Gasteiger partial charge in [0.2, 0.25) is 5.91 Å². The molecule has 11 heteroatoms. The van der Waals surface area contributed by atoms with Crippen LogP contribution in [0.15, 0.2) is 76.6 Å². The number of ether oxygens (including phenoxy) is 1. The minimum atomic E-state index is -0.731.